The van der Waals surface area contributed by atoms with E-state index in [4.69, 9.17) is 21.4 Å². The quantitative estimate of drug-likeness (QED) is 0.851. The number of rotatable bonds is 5. The van der Waals surface area contributed by atoms with Crippen LogP contribution in [0.25, 0.3) is 0 Å². The third-order valence-electron chi connectivity index (χ3n) is 2.22. The van der Waals surface area contributed by atoms with Gasteiger partial charge >= 0.3 is 5.97 Å². The molecule has 0 radical (unpaired) electrons. The van der Waals surface area contributed by atoms with Gasteiger partial charge in [-0.25, -0.2) is 4.79 Å². The van der Waals surface area contributed by atoms with Crippen molar-refractivity contribution in [2.24, 2.45) is 5.92 Å². The molecule has 0 aromatic heterocycles. The first-order valence-electron chi connectivity index (χ1n) is 5.30. The number of carboxylic acids is 1. The number of halogens is 1. The fraction of sp³-hybridized carbons (Fsp3) is 0.417. The number of aromatic carboxylic acids is 1. The molecular weight excluding hydrogens is 242 g/mol. The molecule has 0 unspecified atom stereocenters. The fourth-order valence-electron chi connectivity index (χ4n) is 1.34. The Bertz CT molecular complexity index is 418. The molecule has 0 saturated carbocycles. The number of hydrogen-bond acceptors (Lipinski definition) is 3. The third kappa shape index (κ3) is 3.53. The second-order valence-corrected chi connectivity index (χ2v) is 4.52. The zero-order valence-electron chi connectivity index (χ0n) is 10.1. The first-order chi connectivity index (χ1) is 7.95. The summed E-state index contributed by atoms with van der Waals surface area (Å²) in [5, 5.41) is 12.5. The van der Waals surface area contributed by atoms with Gasteiger partial charge in [0.25, 0.3) is 0 Å². The molecule has 94 valence electrons. The zero-order valence-corrected chi connectivity index (χ0v) is 10.8. The minimum absolute atomic E-state index is 0.0626. The number of carboxylic acid groups (broad SMARTS) is 1. The molecule has 0 spiro atoms. The van der Waals surface area contributed by atoms with Crippen molar-refractivity contribution in [1.82, 2.24) is 0 Å². The van der Waals surface area contributed by atoms with Crippen LogP contribution in [-0.2, 0) is 0 Å². The maximum Gasteiger partial charge on any atom is 0.339 e. The Hall–Kier alpha value is -1.42. The molecule has 1 aromatic rings. The molecule has 5 heteroatoms. The van der Waals surface area contributed by atoms with Crippen molar-refractivity contribution in [2.75, 3.05) is 19.0 Å². The molecule has 0 amide bonds. The fourth-order valence-corrected chi connectivity index (χ4v) is 1.57. The maximum atomic E-state index is 11.0. The predicted molar refractivity (Wildman–Crippen MR) is 68.3 cm³/mol. The smallest absolute Gasteiger partial charge is 0.339 e. The maximum absolute atomic E-state index is 11.0. The minimum Gasteiger partial charge on any atom is -0.496 e. The van der Waals surface area contributed by atoms with E-state index in [-0.39, 0.29) is 5.56 Å². The summed E-state index contributed by atoms with van der Waals surface area (Å²) in [7, 11) is 1.43. The Balaban J connectivity index is 3.04. The van der Waals surface area contributed by atoms with Crippen LogP contribution in [-0.4, -0.2) is 24.7 Å². The van der Waals surface area contributed by atoms with E-state index in [2.05, 4.69) is 19.2 Å². The van der Waals surface area contributed by atoms with Crippen molar-refractivity contribution in [3.8, 4) is 5.75 Å². The highest BCUT2D eigenvalue weighted by molar-refractivity contribution is 6.33. The van der Waals surface area contributed by atoms with Gasteiger partial charge in [0.2, 0.25) is 0 Å². The second kappa shape index (κ2) is 5.77. The summed E-state index contributed by atoms with van der Waals surface area (Å²) in [5.41, 5.74) is 0.745. The normalized spacial score (nSPS) is 10.4. The number of carbonyl (C=O) groups is 1. The third-order valence-corrected chi connectivity index (χ3v) is 2.53. The Morgan fingerprint density at radius 2 is 2.18 bits per heavy atom. The molecule has 0 aliphatic rings. The summed E-state index contributed by atoms with van der Waals surface area (Å²) in [6, 6.07) is 3.00. The SMILES string of the molecule is COc1cc(NCC(C)C)c(Cl)cc1C(=O)O. The van der Waals surface area contributed by atoms with Crippen LogP contribution in [0.5, 0.6) is 5.75 Å². The lowest BCUT2D eigenvalue weighted by Crippen LogP contribution is -2.09. The van der Waals surface area contributed by atoms with Crippen molar-refractivity contribution in [3.63, 3.8) is 0 Å². The summed E-state index contributed by atoms with van der Waals surface area (Å²) in [5.74, 6) is -0.288. The molecule has 0 aliphatic carbocycles. The van der Waals surface area contributed by atoms with Gasteiger partial charge in [0.05, 0.1) is 17.8 Å². The number of ether oxygens (including phenoxy) is 1. The van der Waals surface area contributed by atoms with Crippen LogP contribution >= 0.6 is 11.6 Å². The van der Waals surface area contributed by atoms with E-state index in [1.165, 1.54) is 13.2 Å². The first-order valence-corrected chi connectivity index (χ1v) is 5.68. The van der Waals surface area contributed by atoms with E-state index >= 15 is 0 Å². The molecule has 0 saturated heterocycles. The lowest BCUT2D eigenvalue weighted by molar-refractivity contribution is 0.0693. The van der Waals surface area contributed by atoms with Gasteiger partial charge in [0, 0.05) is 12.6 Å². The van der Waals surface area contributed by atoms with Gasteiger partial charge in [-0.1, -0.05) is 25.4 Å². The minimum atomic E-state index is -1.06. The van der Waals surface area contributed by atoms with E-state index in [1.807, 2.05) is 0 Å². The molecule has 0 atom stereocenters. The van der Waals surface area contributed by atoms with Gasteiger partial charge in [0.1, 0.15) is 11.3 Å². The highest BCUT2D eigenvalue weighted by Gasteiger charge is 2.14. The van der Waals surface area contributed by atoms with Crippen molar-refractivity contribution in [3.05, 3.63) is 22.7 Å². The van der Waals surface area contributed by atoms with Crippen molar-refractivity contribution in [1.29, 1.82) is 0 Å². The van der Waals surface area contributed by atoms with Crippen LogP contribution in [0.15, 0.2) is 12.1 Å². The highest BCUT2D eigenvalue weighted by Crippen LogP contribution is 2.31. The van der Waals surface area contributed by atoms with Crippen molar-refractivity contribution in [2.45, 2.75) is 13.8 Å². The topological polar surface area (TPSA) is 58.6 Å². The molecule has 0 bridgehead atoms. The molecule has 0 aliphatic heterocycles. The summed E-state index contributed by atoms with van der Waals surface area (Å²) in [6.45, 7) is 4.91. The molecule has 1 aromatic carbocycles. The molecular formula is C12H16ClNO3. The molecule has 4 nitrogen and oxygen atoms in total. The van der Waals surface area contributed by atoms with Gasteiger partial charge in [-0.2, -0.15) is 0 Å². The van der Waals surface area contributed by atoms with Gasteiger partial charge in [0.15, 0.2) is 0 Å². The standard InChI is InChI=1S/C12H16ClNO3/c1-7(2)6-14-10-5-11(17-3)8(12(15)16)4-9(10)13/h4-5,7,14H,6H2,1-3H3,(H,15,16). The number of nitrogens with one attached hydrogen (secondary N) is 1. The van der Waals surface area contributed by atoms with E-state index in [1.54, 1.807) is 6.07 Å². The lowest BCUT2D eigenvalue weighted by Gasteiger charge is -2.13. The van der Waals surface area contributed by atoms with Crippen LogP contribution in [0, 0.1) is 5.92 Å². The van der Waals surface area contributed by atoms with E-state index in [0.717, 1.165) is 6.54 Å². The average Bonchev–Trinajstić information content (AvgIpc) is 2.26. The van der Waals surface area contributed by atoms with Gasteiger partial charge in [-0.15, -0.1) is 0 Å². The van der Waals surface area contributed by atoms with Crippen molar-refractivity contribution >= 4 is 23.3 Å². The number of hydrogen-bond donors (Lipinski definition) is 2. The summed E-state index contributed by atoms with van der Waals surface area (Å²) in [4.78, 5) is 11.0. The zero-order chi connectivity index (χ0) is 13.0. The Kier molecular flexibility index (Phi) is 4.63. The van der Waals surface area contributed by atoms with Crippen LogP contribution in [0.3, 0.4) is 0 Å². The molecule has 0 fully saturated rings. The van der Waals surface area contributed by atoms with E-state index in [9.17, 15) is 4.79 Å². The molecule has 1 rings (SSSR count). The van der Waals surface area contributed by atoms with E-state index < -0.39 is 5.97 Å². The predicted octanol–water partition coefficient (Wildman–Crippen LogP) is 3.11. The summed E-state index contributed by atoms with van der Waals surface area (Å²) < 4.78 is 5.03. The molecule has 2 N–H and O–H groups in total. The summed E-state index contributed by atoms with van der Waals surface area (Å²) >= 11 is 6.00. The Morgan fingerprint density at radius 1 is 1.53 bits per heavy atom. The van der Waals surface area contributed by atoms with Gasteiger partial charge in [-0.05, 0) is 12.0 Å². The molecule has 0 heterocycles. The Labute approximate surface area is 106 Å². The lowest BCUT2D eigenvalue weighted by atomic mass is 10.1. The largest absolute Gasteiger partial charge is 0.496 e. The average molecular weight is 258 g/mol. The van der Waals surface area contributed by atoms with Crippen LogP contribution in [0.4, 0.5) is 5.69 Å². The number of benzene rings is 1. The monoisotopic (exact) mass is 257 g/mol. The first kappa shape index (κ1) is 13.6. The highest BCUT2D eigenvalue weighted by atomic mass is 35.5. The van der Waals surface area contributed by atoms with Crippen LogP contribution in [0.2, 0.25) is 5.02 Å². The van der Waals surface area contributed by atoms with Crippen LogP contribution in [0.1, 0.15) is 24.2 Å². The number of methoxy groups -OCH3 is 1. The van der Waals surface area contributed by atoms with Crippen LogP contribution < -0.4 is 10.1 Å². The summed E-state index contributed by atoms with van der Waals surface area (Å²) in [6.07, 6.45) is 0. The van der Waals surface area contributed by atoms with E-state index in [0.29, 0.717) is 22.4 Å². The molecule has 17 heavy (non-hydrogen) atoms. The van der Waals surface area contributed by atoms with Gasteiger partial charge < -0.3 is 15.2 Å². The Morgan fingerprint density at radius 3 is 2.65 bits per heavy atom. The second-order valence-electron chi connectivity index (χ2n) is 4.11. The number of anilines is 1. The van der Waals surface area contributed by atoms with Crippen molar-refractivity contribution < 1.29 is 14.6 Å². The van der Waals surface area contributed by atoms with Gasteiger partial charge in [-0.3, -0.25) is 0 Å².